The van der Waals surface area contributed by atoms with Crippen LogP contribution in [0.3, 0.4) is 0 Å². The summed E-state index contributed by atoms with van der Waals surface area (Å²) in [7, 11) is 0. The summed E-state index contributed by atoms with van der Waals surface area (Å²) in [5, 5.41) is 0. The number of allylic oxidation sites excluding steroid dienone is 4. The van der Waals surface area contributed by atoms with Gasteiger partial charge in [0.1, 0.15) is 0 Å². The monoisotopic (exact) mass is 1030 g/mol. The fourth-order valence-electron chi connectivity index (χ4n) is 17.3. The van der Waals surface area contributed by atoms with Crippen molar-refractivity contribution in [2.24, 2.45) is 5.41 Å². The molecule has 0 radical (unpaired) electrons. The Hall–Kier alpha value is -5.02. The van der Waals surface area contributed by atoms with Gasteiger partial charge in [-0.1, -0.05) is 197 Å². The minimum atomic E-state index is -0.155. The third kappa shape index (κ3) is 8.98. The van der Waals surface area contributed by atoms with Gasteiger partial charge in [-0.15, -0.1) is 0 Å². The third-order valence-electron chi connectivity index (χ3n) is 21.8. The van der Waals surface area contributed by atoms with Crippen LogP contribution in [0.25, 0.3) is 5.57 Å². The number of nitrogens with zero attached hydrogens (tertiary/aromatic N) is 3. The standard InChI is InChI=1S/C74H95N3/c1-69(2,3)57-34-37-59(38-35-57)75(66-41-36-58(70(4,5)6)48-63(66)54-30-20-13-21-31-54)60-49-61(76-67-39-32-55(52-26-16-11-17-27-52)46-64(67)73(71(76,7)8)42-22-14-23-43-73)51-62(50-60)77-68-40-33-56(53-28-18-12-19-29-53)47-65(68)74(72(77,9)10)44-24-15-25-45-74/h13,20-21,30-35,37-40,46-53H,11-12,14-19,22-29,36,41-45H2,1-10H3. The van der Waals surface area contributed by atoms with Gasteiger partial charge in [-0.05, 0) is 190 Å². The first-order valence-corrected chi connectivity index (χ1v) is 31.4. The SMILES string of the molecule is CC(C)(C)C1=CC(c2ccccc2)=C(N(c2ccc(C(C)(C)C)cc2)c2cc(N3c4ccc(C5CCCCC5)cc4C4(CCCCC4)C3(C)C)cc(N3c4ccc(C5CCCCC5)cc4C4(CCCCC4)C3(C)C)c2)CC1. The van der Waals surface area contributed by atoms with E-state index in [0.717, 1.165) is 12.8 Å². The number of anilines is 6. The maximum atomic E-state index is 2.89. The molecule has 0 amide bonds. The van der Waals surface area contributed by atoms with Crippen molar-refractivity contribution in [3.8, 4) is 0 Å². The second kappa shape index (κ2) is 20.0. The number of fused-ring (bicyclic) bond motifs is 4. The molecule has 2 spiro atoms. The summed E-state index contributed by atoms with van der Waals surface area (Å²) in [6.45, 7) is 24.8. The van der Waals surface area contributed by atoms with Crippen LogP contribution in [0.4, 0.5) is 34.1 Å². The van der Waals surface area contributed by atoms with Gasteiger partial charge in [0.15, 0.2) is 0 Å². The zero-order chi connectivity index (χ0) is 53.5. The molecule has 4 saturated carbocycles. The predicted octanol–water partition coefficient (Wildman–Crippen LogP) is 21.7. The second-order valence-electron chi connectivity index (χ2n) is 28.8. The molecule has 0 bridgehead atoms. The zero-order valence-corrected chi connectivity index (χ0v) is 49.5. The first-order valence-electron chi connectivity index (χ1n) is 31.4. The van der Waals surface area contributed by atoms with E-state index in [4.69, 9.17) is 0 Å². The van der Waals surface area contributed by atoms with Gasteiger partial charge in [-0.3, -0.25) is 0 Å². The van der Waals surface area contributed by atoms with Crippen molar-refractivity contribution in [3.05, 3.63) is 160 Å². The molecule has 3 heteroatoms. The maximum Gasteiger partial charge on any atom is 0.0500 e. The molecule has 12 rings (SSSR count). The van der Waals surface area contributed by atoms with Gasteiger partial charge in [0.05, 0.1) is 0 Å². The van der Waals surface area contributed by atoms with Gasteiger partial charge in [0.25, 0.3) is 0 Å². The lowest BCUT2D eigenvalue weighted by molar-refractivity contribution is 0.198. The molecule has 3 nitrogen and oxygen atoms in total. The normalized spacial score (nSPS) is 22.3. The number of benzene rings is 5. The highest BCUT2D eigenvalue weighted by Gasteiger charge is 2.59. The molecule has 0 unspecified atom stereocenters. The molecule has 5 aromatic carbocycles. The van der Waals surface area contributed by atoms with Gasteiger partial charge in [-0.25, -0.2) is 0 Å². The molecule has 77 heavy (non-hydrogen) atoms. The number of hydrogen-bond donors (Lipinski definition) is 0. The van der Waals surface area contributed by atoms with Crippen molar-refractivity contribution in [1.29, 1.82) is 0 Å². The summed E-state index contributed by atoms with van der Waals surface area (Å²) in [6, 6.07) is 45.0. The zero-order valence-electron chi connectivity index (χ0n) is 49.5. The molecule has 5 aromatic rings. The summed E-state index contributed by atoms with van der Waals surface area (Å²) in [6.07, 6.45) is 31.1. The average molecular weight is 1030 g/mol. The van der Waals surface area contributed by atoms with E-state index in [2.05, 4.69) is 199 Å². The maximum absolute atomic E-state index is 2.89. The van der Waals surface area contributed by atoms with Crippen LogP contribution in [-0.4, -0.2) is 11.1 Å². The highest BCUT2D eigenvalue weighted by Crippen LogP contribution is 2.65. The fourth-order valence-corrected chi connectivity index (χ4v) is 17.3. The van der Waals surface area contributed by atoms with Gasteiger partial charge in [0.2, 0.25) is 0 Å². The van der Waals surface area contributed by atoms with E-state index in [1.165, 1.54) is 191 Å². The van der Waals surface area contributed by atoms with Gasteiger partial charge in [0, 0.05) is 67.3 Å². The summed E-state index contributed by atoms with van der Waals surface area (Å²) in [5.74, 6) is 1.36. The summed E-state index contributed by atoms with van der Waals surface area (Å²) < 4.78 is 0. The Morgan fingerprint density at radius 2 is 0.922 bits per heavy atom. The second-order valence-corrected chi connectivity index (χ2v) is 28.8. The molecular formula is C74H95N3. The van der Waals surface area contributed by atoms with Crippen LogP contribution >= 0.6 is 0 Å². The molecule has 406 valence electrons. The Morgan fingerprint density at radius 3 is 1.38 bits per heavy atom. The van der Waals surface area contributed by atoms with Gasteiger partial charge in [-0.2, -0.15) is 0 Å². The van der Waals surface area contributed by atoms with Crippen LogP contribution in [0, 0.1) is 5.41 Å². The van der Waals surface area contributed by atoms with Crippen LogP contribution in [0.5, 0.6) is 0 Å². The Balaban J connectivity index is 1.13. The van der Waals surface area contributed by atoms with E-state index < -0.39 is 0 Å². The van der Waals surface area contributed by atoms with Crippen molar-refractivity contribution in [2.45, 2.75) is 250 Å². The van der Waals surface area contributed by atoms with E-state index in [0.29, 0.717) is 11.8 Å². The first-order chi connectivity index (χ1) is 36.9. The summed E-state index contributed by atoms with van der Waals surface area (Å²) >= 11 is 0. The van der Waals surface area contributed by atoms with Crippen molar-refractivity contribution >= 4 is 39.7 Å². The van der Waals surface area contributed by atoms with E-state index in [9.17, 15) is 0 Å². The lowest BCUT2D eigenvalue weighted by atomic mass is 9.60. The van der Waals surface area contributed by atoms with Crippen LogP contribution in [0.2, 0.25) is 0 Å². The summed E-state index contributed by atoms with van der Waals surface area (Å²) in [4.78, 5) is 8.52. The van der Waals surface area contributed by atoms with E-state index >= 15 is 0 Å². The van der Waals surface area contributed by atoms with E-state index in [1.54, 1.807) is 22.3 Å². The molecule has 0 N–H and O–H groups in total. The van der Waals surface area contributed by atoms with Crippen molar-refractivity contribution in [2.75, 3.05) is 14.7 Å². The Morgan fingerprint density at radius 1 is 0.455 bits per heavy atom. The Bertz CT molecular complexity index is 2890. The largest absolute Gasteiger partial charge is 0.335 e. The highest BCUT2D eigenvalue weighted by atomic mass is 15.3. The molecule has 5 aliphatic carbocycles. The van der Waals surface area contributed by atoms with Gasteiger partial charge >= 0.3 is 0 Å². The smallest absolute Gasteiger partial charge is 0.0500 e. The fraction of sp³-hybridized carbons (Fsp3) is 0.541. The Kier molecular flexibility index (Phi) is 13.6. The first kappa shape index (κ1) is 52.7. The molecule has 0 atom stereocenters. The minimum absolute atomic E-state index is 0.0431. The minimum Gasteiger partial charge on any atom is -0.335 e. The number of hydrogen-bond acceptors (Lipinski definition) is 3. The predicted molar refractivity (Wildman–Crippen MR) is 330 cm³/mol. The van der Waals surface area contributed by atoms with Gasteiger partial charge < -0.3 is 14.7 Å². The van der Waals surface area contributed by atoms with Crippen LogP contribution in [0.1, 0.15) is 256 Å². The average Bonchev–Trinajstić information content (AvgIpc) is 3.74. The molecule has 0 aromatic heterocycles. The lowest BCUT2D eigenvalue weighted by Gasteiger charge is -2.50. The van der Waals surface area contributed by atoms with Crippen LogP contribution in [0.15, 0.2) is 127 Å². The van der Waals surface area contributed by atoms with Crippen LogP contribution < -0.4 is 14.7 Å². The van der Waals surface area contributed by atoms with Crippen molar-refractivity contribution in [1.82, 2.24) is 0 Å². The van der Waals surface area contributed by atoms with E-state index in [-0.39, 0.29) is 32.7 Å². The molecule has 2 heterocycles. The highest BCUT2D eigenvalue weighted by molar-refractivity contribution is 5.90. The topological polar surface area (TPSA) is 9.72 Å². The molecule has 4 fully saturated rings. The van der Waals surface area contributed by atoms with Crippen LogP contribution in [-0.2, 0) is 16.2 Å². The number of rotatable bonds is 8. The quantitative estimate of drug-likeness (QED) is 0.153. The van der Waals surface area contributed by atoms with Crippen molar-refractivity contribution in [3.63, 3.8) is 0 Å². The molecule has 2 aliphatic heterocycles. The summed E-state index contributed by atoms with van der Waals surface area (Å²) in [5.41, 5.74) is 21.4. The molecular weight excluding hydrogens is 931 g/mol. The molecule has 0 saturated heterocycles. The lowest BCUT2D eigenvalue weighted by Crippen LogP contribution is -2.53. The van der Waals surface area contributed by atoms with E-state index in [1.807, 2.05) is 0 Å². The third-order valence-corrected chi connectivity index (χ3v) is 21.8. The Labute approximate surface area is 467 Å². The molecule has 7 aliphatic rings. The van der Waals surface area contributed by atoms with Crippen molar-refractivity contribution < 1.29 is 0 Å².